The highest BCUT2D eigenvalue weighted by Crippen LogP contribution is 2.20. The minimum absolute atomic E-state index is 0.519. The first-order valence-electron chi connectivity index (χ1n) is 7.13. The highest BCUT2D eigenvalue weighted by molar-refractivity contribution is 7.88. The molecule has 0 aliphatic rings. The maximum absolute atomic E-state index is 11.5. The van der Waals surface area contributed by atoms with E-state index in [0.717, 1.165) is 36.0 Å². The molecule has 6 heteroatoms. The summed E-state index contributed by atoms with van der Waals surface area (Å²) in [5.74, 6) is 0. The molecule has 0 spiro atoms. The molecule has 0 fully saturated rings. The van der Waals surface area contributed by atoms with Crippen LogP contribution in [0.4, 0.5) is 0 Å². The van der Waals surface area contributed by atoms with E-state index >= 15 is 0 Å². The van der Waals surface area contributed by atoms with Gasteiger partial charge in [-0.25, -0.2) is 12.7 Å². The van der Waals surface area contributed by atoms with Gasteiger partial charge in [0.2, 0.25) is 10.0 Å². The van der Waals surface area contributed by atoms with Gasteiger partial charge in [-0.15, -0.1) is 0 Å². The molecule has 5 nitrogen and oxygen atoms in total. The number of para-hydroxylation sites is 1. The van der Waals surface area contributed by atoms with E-state index in [0.29, 0.717) is 13.1 Å². The number of hydrogen-bond donors (Lipinski definition) is 1. The van der Waals surface area contributed by atoms with Gasteiger partial charge >= 0.3 is 0 Å². The molecule has 0 unspecified atom stereocenters. The summed E-state index contributed by atoms with van der Waals surface area (Å²) < 4.78 is 29.9. The zero-order valence-electron chi connectivity index (χ0n) is 12.5. The van der Waals surface area contributed by atoms with E-state index in [1.165, 1.54) is 10.6 Å². The largest absolute Gasteiger partial charge is 0.464 e. The summed E-state index contributed by atoms with van der Waals surface area (Å²) in [7, 11) is -3.08. The third kappa shape index (κ3) is 4.30. The number of sulfonamides is 1. The van der Waals surface area contributed by atoms with E-state index in [1.54, 1.807) is 6.26 Å². The van der Waals surface area contributed by atoms with E-state index in [9.17, 15) is 8.42 Å². The van der Waals surface area contributed by atoms with Crippen molar-refractivity contribution >= 4 is 21.0 Å². The highest BCUT2D eigenvalue weighted by Gasteiger charge is 2.13. The van der Waals surface area contributed by atoms with Crippen LogP contribution in [0.15, 0.2) is 34.9 Å². The predicted molar refractivity (Wildman–Crippen MR) is 84.6 cm³/mol. The smallest absolute Gasteiger partial charge is 0.211 e. The molecule has 0 aliphatic heterocycles. The quantitative estimate of drug-likeness (QED) is 0.759. The van der Waals surface area contributed by atoms with Crippen molar-refractivity contribution in [2.75, 3.05) is 25.9 Å². The van der Waals surface area contributed by atoms with E-state index in [4.69, 9.17) is 4.42 Å². The lowest BCUT2D eigenvalue weighted by Gasteiger charge is -2.17. The Hall–Kier alpha value is -1.37. The van der Waals surface area contributed by atoms with Crippen LogP contribution in [0.5, 0.6) is 0 Å². The van der Waals surface area contributed by atoms with Crippen LogP contribution in [-0.2, 0) is 16.6 Å². The predicted octanol–water partition coefficient (Wildman–Crippen LogP) is 2.19. The summed E-state index contributed by atoms with van der Waals surface area (Å²) in [6, 6.07) is 7.93. The summed E-state index contributed by atoms with van der Waals surface area (Å²) in [6.45, 7) is 4.42. The van der Waals surface area contributed by atoms with E-state index < -0.39 is 10.0 Å². The summed E-state index contributed by atoms with van der Waals surface area (Å²) in [6.07, 6.45) is 3.81. The van der Waals surface area contributed by atoms with Crippen LogP contribution in [-0.4, -0.2) is 38.6 Å². The Morgan fingerprint density at radius 3 is 2.76 bits per heavy atom. The topological polar surface area (TPSA) is 62.6 Å². The molecule has 0 atom stereocenters. The van der Waals surface area contributed by atoms with Crippen LogP contribution in [0.25, 0.3) is 11.0 Å². The van der Waals surface area contributed by atoms with Crippen molar-refractivity contribution in [2.24, 2.45) is 0 Å². The molecule has 2 rings (SSSR count). The molecule has 1 heterocycles. The van der Waals surface area contributed by atoms with Crippen molar-refractivity contribution in [3.8, 4) is 0 Å². The van der Waals surface area contributed by atoms with Gasteiger partial charge < -0.3 is 9.73 Å². The summed E-state index contributed by atoms with van der Waals surface area (Å²) in [5, 5.41) is 4.45. The molecule has 1 N–H and O–H groups in total. The SMILES string of the molecule is CCN(CCCNCc1coc2ccccc12)S(C)(=O)=O. The number of nitrogens with zero attached hydrogens (tertiary/aromatic N) is 1. The average Bonchev–Trinajstić information content (AvgIpc) is 2.85. The third-order valence-corrected chi connectivity index (χ3v) is 4.84. The van der Waals surface area contributed by atoms with Crippen LogP contribution in [0.2, 0.25) is 0 Å². The molecule has 0 amide bonds. The summed E-state index contributed by atoms with van der Waals surface area (Å²) in [4.78, 5) is 0. The lowest BCUT2D eigenvalue weighted by atomic mass is 10.2. The first-order chi connectivity index (χ1) is 10.0. The summed E-state index contributed by atoms with van der Waals surface area (Å²) >= 11 is 0. The van der Waals surface area contributed by atoms with Crippen LogP contribution in [0.1, 0.15) is 18.9 Å². The van der Waals surface area contributed by atoms with Crippen molar-refractivity contribution < 1.29 is 12.8 Å². The molecule has 0 aliphatic carbocycles. The second-order valence-electron chi connectivity index (χ2n) is 5.04. The number of rotatable bonds is 8. The Morgan fingerprint density at radius 2 is 2.05 bits per heavy atom. The van der Waals surface area contributed by atoms with Crippen molar-refractivity contribution in [3.05, 3.63) is 36.1 Å². The Balaban J connectivity index is 1.78. The Bertz CT molecular complexity index is 679. The number of furan rings is 1. The maximum Gasteiger partial charge on any atom is 0.211 e. The molecule has 0 radical (unpaired) electrons. The third-order valence-electron chi connectivity index (χ3n) is 3.46. The van der Waals surface area contributed by atoms with Gasteiger partial charge in [-0.3, -0.25) is 0 Å². The highest BCUT2D eigenvalue weighted by atomic mass is 32.2. The van der Waals surface area contributed by atoms with Crippen molar-refractivity contribution in [3.63, 3.8) is 0 Å². The van der Waals surface area contributed by atoms with Crippen molar-refractivity contribution in [2.45, 2.75) is 19.9 Å². The second kappa shape index (κ2) is 7.06. The van der Waals surface area contributed by atoms with Crippen LogP contribution in [0.3, 0.4) is 0 Å². The van der Waals surface area contributed by atoms with Gasteiger partial charge in [0.05, 0.1) is 12.5 Å². The standard InChI is InChI=1S/C15H22N2O3S/c1-3-17(21(2,18)19)10-6-9-16-11-13-12-20-15-8-5-4-7-14(13)15/h4-5,7-8,12,16H,3,6,9-11H2,1-2H3. The fourth-order valence-electron chi connectivity index (χ4n) is 2.33. The normalized spacial score (nSPS) is 12.3. The van der Waals surface area contributed by atoms with Crippen LogP contribution in [0, 0.1) is 0 Å². The number of nitrogens with one attached hydrogen (secondary N) is 1. The lowest BCUT2D eigenvalue weighted by Crippen LogP contribution is -2.32. The van der Waals surface area contributed by atoms with Gasteiger partial charge in [-0.1, -0.05) is 25.1 Å². The summed E-state index contributed by atoms with van der Waals surface area (Å²) in [5.41, 5.74) is 2.02. The van der Waals surface area contributed by atoms with Gasteiger partial charge in [0.25, 0.3) is 0 Å². The molecule has 21 heavy (non-hydrogen) atoms. The average molecular weight is 310 g/mol. The van der Waals surface area contributed by atoms with Gasteiger partial charge in [-0.05, 0) is 19.0 Å². The number of fused-ring (bicyclic) bond motifs is 1. The number of benzene rings is 1. The Labute approximate surface area is 126 Å². The maximum atomic E-state index is 11.5. The molecule has 2 aromatic rings. The van der Waals surface area contributed by atoms with Crippen molar-refractivity contribution in [1.29, 1.82) is 0 Å². The van der Waals surface area contributed by atoms with Crippen molar-refractivity contribution in [1.82, 2.24) is 9.62 Å². The Kier molecular flexibility index (Phi) is 5.39. The first kappa shape index (κ1) is 16.0. The van der Waals surface area contributed by atoms with E-state index in [2.05, 4.69) is 5.32 Å². The molecular formula is C15H22N2O3S. The monoisotopic (exact) mass is 310 g/mol. The zero-order chi connectivity index (χ0) is 15.3. The molecule has 1 aromatic carbocycles. The fraction of sp³-hybridized carbons (Fsp3) is 0.467. The molecule has 116 valence electrons. The van der Waals surface area contributed by atoms with E-state index in [1.807, 2.05) is 31.2 Å². The first-order valence-corrected chi connectivity index (χ1v) is 8.98. The van der Waals surface area contributed by atoms with Gasteiger partial charge in [-0.2, -0.15) is 0 Å². The minimum Gasteiger partial charge on any atom is -0.464 e. The fourth-order valence-corrected chi connectivity index (χ4v) is 3.26. The van der Waals surface area contributed by atoms with Gasteiger partial charge in [0.15, 0.2) is 0 Å². The zero-order valence-corrected chi connectivity index (χ0v) is 13.3. The van der Waals surface area contributed by atoms with Crippen LogP contribution >= 0.6 is 0 Å². The van der Waals surface area contributed by atoms with Gasteiger partial charge in [0.1, 0.15) is 5.58 Å². The van der Waals surface area contributed by atoms with E-state index in [-0.39, 0.29) is 0 Å². The minimum atomic E-state index is -3.08. The van der Waals surface area contributed by atoms with Crippen LogP contribution < -0.4 is 5.32 Å². The second-order valence-corrected chi connectivity index (χ2v) is 7.02. The molecule has 1 aromatic heterocycles. The molecule has 0 saturated carbocycles. The lowest BCUT2D eigenvalue weighted by molar-refractivity contribution is 0.419. The number of hydrogen-bond acceptors (Lipinski definition) is 4. The van der Waals surface area contributed by atoms with Gasteiger partial charge in [0, 0.05) is 30.6 Å². The molecule has 0 saturated heterocycles. The molecule has 0 bridgehead atoms. The molecular weight excluding hydrogens is 288 g/mol. The Morgan fingerprint density at radius 1 is 1.29 bits per heavy atom.